The van der Waals surface area contributed by atoms with Crippen molar-refractivity contribution in [1.29, 1.82) is 0 Å². The number of thiophene rings is 1. The van der Waals surface area contributed by atoms with E-state index in [0.717, 1.165) is 15.8 Å². The van der Waals surface area contributed by atoms with E-state index in [1.54, 1.807) is 19.1 Å². The van der Waals surface area contributed by atoms with Crippen LogP contribution in [0.4, 0.5) is 0 Å². The molecule has 1 aromatic heterocycles. The van der Waals surface area contributed by atoms with Crippen LogP contribution in [-0.2, 0) is 9.47 Å². The number of methoxy groups -OCH3 is 2. The Morgan fingerprint density at radius 3 is 2.61 bits per heavy atom. The number of carbonyl (C=O) groups excluding carboxylic acids is 1. The van der Waals surface area contributed by atoms with E-state index in [1.807, 2.05) is 11.4 Å². The summed E-state index contributed by atoms with van der Waals surface area (Å²) in [6, 6.07) is 1.89. The monoisotopic (exact) mass is 335 g/mol. The molecule has 4 nitrogen and oxygen atoms in total. The van der Waals surface area contributed by atoms with E-state index in [2.05, 4.69) is 15.9 Å². The number of hydrogen-bond donors (Lipinski definition) is 0. The number of rotatable bonds is 8. The molecule has 0 aromatic carbocycles. The van der Waals surface area contributed by atoms with Gasteiger partial charge in [-0.3, -0.25) is 4.79 Å². The smallest absolute Gasteiger partial charge is 0.265 e. The Morgan fingerprint density at radius 1 is 1.33 bits per heavy atom. The second kappa shape index (κ2) is 8.63. The molecule has 1 amide bonds. The number of halogens is 1. The van der Waals surface area contributed by atoms with E-state index in [1.165, 1.54) is 11.3 Å². The molecular weight excluding hydrogens is 318 g/mol. The van der Waals surface area contributed by atoms with Crippen molar-refractivity contribution in [3.63, 3.8) is 0 Å². The van der Waals surface area contributed by atoms with Crippen LogP contribution in [0.3, 0.4) is 0 Å². The Kier molecular flexibility index (Phi) is 7.50. The van der Waals surface area contributed by atoms with E-state index >= 15 is 0 Å². The molecule has 18 heavy (non-hydrogen) atoms. The minimum Gasteiger partial charge on any atom is -0.385 e. The molecule has 0 aliphatic carbocycles. The van der Waals surface area contributed by atoms with Gasteiger partial charge in [-0.1, -0.05) is 0 Å². The summed E-state index contributed by atoms with van der Waals surface area (Å²) in [6.07, 6.45) is 0.828. The number of hydrogen-bond acceptors (Lipinski definition) is 4. The molecule has 0 atom stereocenters. The lowest BCUT2D eigenvalue weighted by atomic mass is 10.3. The van der Waals surface area contributed by atoms with Crippen molar-refractivity contribution in [2.24, 2.45) is 0 Å². The highest BCUT2D eigenvalue weighted by molar-refractivity contribution is 9.10. The fourth-order valence-electron chi connectivity index (χ4n) is 1.51. The largest absolute Gasteiger partial charge is 0.385 e. The minimum absolute atomic E-state index is 0.0463. The maximum absolute atomic E-state index is 12.3. The Balaban J connectivity index is 2.63. The molecule has 0 unspecified atom stereocenters. The van der Waals surface area contributed by atoms with Gasteiger partial charge in [0, 0.05) is 38.4 Å². The highest BCUT2D eigenvalue weighted by atomic mass is 79.9. The topological polar surface area (TPSA) is 38.8 Å². The van der Waals surface area contributed by atoms with Crippen molar-refractivity contribution in [1.82, 2.24) is 4.90 Å². The Hall–Kier alpha value is -0.430. The van der Waals surface area contributed by atoms with Gasteiger partial charge in [0.05, 0.1) is 6.61 Å². The predicted octanol–water partition coefficient (Wildman–Crippen LogP) is 2.64. The fourth-order valence-corrected chi connectivity index (χ4v) is 3.01. The van der Waals surface area contributed by atoms with Crippen LogP contribution < -0.4 is 0 Å². The Labute approximate surface area is 120 Å². The molecule has 0 radical (unpaired) electrons. The first kappa shape index (κ1) is 15.6. The molecule has 1 rings (SSSR count). The van der Waals surface area contributed by atoms with E-state index in [4.69, 9.17) is 9.47 Å². The van der Waals surface area contributed by atoms with E-state index in [9.17, 15) is 4.79 Å². The summed E-state index contributed by atoms with van der Waals surface area (Å²) in [6.45, 7) is 2.48. The Morgan fingerprint density at radius 2 is 2.06 bits per heavy atom. The van der Waals surface area contributed by atoms with Gasteiger partial charge in [0.25, 0.3) is 5.91 Å². The van der Waals surface area contributed by atoms with Crippen molar-refractivity contribution in [3.05, 3.63) is 20.8 Å². The number of amides is 1. The molecule has 0 saturated carbocycles. The van der Waals surface area contributed by atoms with Crippen LogP contribution in [0.2, 0.25) is 0 Å². The molecule has 0 aliphatic heterocycles. The van der Waals surface area contributed by atoms with Gasteiger partial charge in [0.2, 0.25) is 0 Å². The van der Waals surface area contributed by atoms with Crippen molar-refractivity contribution in [3.8, 4) is 0 Å². The summed E-state index contributed by atoms with van der Waals surface area (Å²) in [5.41, 5.74) is 0. The van der Waals surface area contributed by atoms with Gasteiger partial charge in [-0.25, -0.2) is 0 Å². The van der Waals surface area contributed by atoms with Crippen molar-refractivity contribution in [2.75, 3.05) is 40.5 Å². The van der Waals surface area contributed by atoms with Crippen LogP contribution >= 0.6 is 27.3 Å². The molecule has 0 aliphatic rings. The van der Waals surface area contributed by atoms with Crippen molar-refractivity contribution < 1.29 is 14.3 Å². The maximum atomic E-state index is 12.3. The quantitative estimate of drug-likeness (QED) is 0.685. The van der Waals surface area contributed by atoms with E-state index < -0.39 is 0 Å². The summed E-state index contributed by atoms with van der Waals surface area (Å²) < 4.78 is 10.9. The van der Waals surface area contributed by atoms with Gasteiger partial charge >= 0.3 is 0 Å². The third-order valence-electron chi connectivity index (χ3n) is 2.44. The third-order valence-corrected chi connectivity index (χ3v) is 4.27. The predicted molar refractivity (Wildman–Crippen MR) is 76.3 cm³/mol. The first-order valence-corrected chi connectivity index (χ1v) is 7.38. The normalized spacial score (nSPS) is 10.6. The summed E-state index contributed by atoms with van der Waals surface area (Å²) in [5.74, 6) is 0.0463. The minimum atomic E-state index is 0.0463. The molecule has 0 fully saturated rings. The first-order valence-electron chi connectivity index (χ1n) is 5.70. The zero-order valence-electron chi connectivity index (χ0n) is 10.6. The van der Waals surface area contributed by atoms with Crippen LogP contribution in [0.1, 0.15) is 16.1 Å². The lowest BCUT2D eigenvalue weighted by molar-refractivity contribution is 0.0678. The molecule has 1 heterocycles. The van der Waals surface area contributed by atoms with Crippen LogP contribution in [0.15, 0.2) is 15.9 Å². The molecule has 102 valence electrons. The Bertz CT molecular complexity index is 370. The lowest BCUT2D eigenvalue weighted by Gasteiger charge is -2.21. The summed E-state index contributed by atoms with van der Waals surface area (Å²) in [7, 11) is 3.30. The maximum Gasteiger partial charge on any atom is 0.265 e. The number of carbonyl (C=O) groups is 1. The van der Waals surface area contributed by atoms with Gasteiger partial charge < -0.3 is 14.4 Å². The van der Waals surface area contributed by atoms with Gasteiger partial charge in [0.1, 0.15) is 4.88 Å². The molecule has 1 aromatic rings. The third kappa shape index (κ3) is 4.68. The SMILES string of the molecule is COCCCN(CCOC)C(=O)c1sccc1Br. The first-order chi connectivity index (χ1) is 8.70. The average Bonchev–Trinajstić information content (AvgIpc) is 2.79. The summed E-state index contributed by atoms with van der Waals surface area (Å²) >= 11 is 4.84. The molecular formula is C12H18BrNO3S. The highest BCUT2D eigenvalue weighted by Crippen LogP contribution is 2.24. The second-order valence-electron chi connectivity index (χ2n) is 3.73. The van der Waals surface area contributed by atoms with Crippen molar-refractivity contribution >= 4 is 33.2 Å². The number of nitrogens with zero attached hydrogens (tertiary/aromatic N) is 1. The molecule has 6 heteroatoms. The van der Waals surface area contributed by atoms with E-state index in [-0.39, 0.29) is 5.91 Å². The molecule has 0 bridgehead atoms. The molecule has 0 N–H and O–H groups in total. The van der Waals surface area contributed by atoms with Crippen molar-refractivity contribution in [2.45, 2.75) is 6.42 Å². The van der Waals surface area contributed by atoms with E-state index in [0.29, 0.717) is 26.3 Å². The van der Waals surface area contributed by atoms with Gasteiger partial charge in [0.15, 0.2) is 0 Å². The zero-order chi connectivity index (χ0) is 13.4. The van der Waals surface area contributed by atoms with Crippen LogP contribution in [0, 0.1) is 0 Å². The van der Waals surface area contributed by atoms with Crippen LogP contribution in [0.25, 0.3) is 0 Å². The summed E-state index contributed by atoms with van der Waals surface area (Å²) in [5, 5.41) is 1.90. The lowest BCUT2D eigenvalue weighted by Crippen LogP contribution is -2.35. The number of ether oxygens (including phenoxy) is 2. The van der Waals surface area contributed by atoms with Gasteiger partial charge in [-0.15, -0.1) is 11.3 Å². The fraction of sp³-hybridized carbons (Fsp3) is 0.583. The van der Waals surface area contributed by atoms with Crippen LogP contribution in [-0.4, -0.2) is 51.3 Å². The standard InChI is InChI=1S/C12H18BrNO3S/c1-16-7-3-5-14(6-8-17-2)12(15)11-10(13)4-9-18-11/h4,9H,3,5-8H2,1-2H3. The second-order valence-corrected chi connectivity index (χ2v) is 5.50. The highest BCUT2D eigenvalue weighted by Gasteiger charge is 2.18. The molecule has 0 saturated heterocycles. The van der Waals surface area contributed by atoms with Gasteiger partial charge in [-0.05, 0) is 33.8 Å². The van der Waals surface area contributed by atoms with Gasteiger partial charge in [-0.2, -0.15) is 0 Å². The average molecular weight is 336 g/mol. The zero-order valence-corrected chi connectivity index (χ0v) is 13.1. The molecule has 0 spiro atoms. The van der Waals surface area contributed by atoms with Crippen LogP contribution in [0.5, 0.6) is 0 Å². The summed E-state index contributed by atoms with van der Waals surface area (Å²) in [4.78, 5) is 14.9.